The summed E-state index contributed by atoms with van der Waals surface area (Å²) in [6.45, 7) is -0.849. The number of nitrogens with zero attached hydrogens (tertiary/aromatic N) is 2. The fourth-order valence-corrected chi connectivity index (χ4v) is 5.88. The summed E-state index contributed by atoms with van der Waals surface area (Å²) >= 11 is 0. The summed E-state index contributed by atoms with van der Waals surface area (Å²) in [4.78, 5) is 102. The zero-order valence-corrected chi connectivity index (χ0v) is 28.3. The van der Waals surface area contributed by atoms with E-state index in [0.717, 1.165) is 32.1 Å². The maximum atomic E-state index is 12.9. The highest BCUT2D eigenvalue weighted by atomic mass is 16.5. The van der Waals surface area contributed by atoms with Crippen LogP contribution in [0.1, 0.15) is 35.1 Å². The lowest BCUT2D eigenvalue weighted by Gasteiger charge is -2.30. The van der Waals surface area contributed by atoms with Gasteiger partial charge >= 0.3 is 24.0 Å². The number of carbonyl (C=O) groups is 8. The lowest BCUT2D eigenvalue weighted by Crippen LogP contribution is -2.59. The highest BCUT2D eigenvalue weighted by molar-refractivity contribution is 6.17. The van der Waals surface area contributed by atoms with E-state index in [0.29, 0.717) is 12.8 Å². The SMILES string of the molecule is O=C(CCc1cccc(CCC(=O)OCCN2C(=O)NC(=O)C(Cc3ccccc3)C2=O)c1)OCCN1C(=O)NC(=O)C(Cc2ccccc2)C1=O. The number of urea groups is 2. The van der Waals surface area contributed by atoms with Crippen LogP contribution in [0.5, 0.6) is 0 Å². The topological polar surface area (TPSA) is 186 Å². The van der Waals surface area contributed by atoms with Crippen molar-refractivity contribution in [1.29, 1.82) is 0 Å². The molecule has 3 aromatic carbocycles. The van der Waals surface area contributed by atoms with Crippen LogP contribution in [0.25, 0.3) is 0 Å². The van der Waals surface area contributed by atoms with E-state index in [2.05, 4.69) is 10.6 Å². The van der Waals surface area contributed by atoms with Crippen molar-refractivity contribution in [3.05, 3.63) is 107 Å². The predicted molar refractivity (Wildman–Crippen MR) is 183 cm³/mol. The van der Waals surface area contributed by atoms with E-state index in [1.807, 2.05) is 30.3 Å². The van der Waals surface area contributed by atoms with Gasteiger partial charge in [0.05, 0.1) is 13.1 Å². The van der Waals surface area contributed by atoms with Crippen LogP contribution in [0.3, 0.4) is 0 Å². The van der Waals surface area contributed by atoms with E-state index >= 15 is 0 Å². The average Bonchev–Trinajstić information content (AvgIpc) is 3.14. The van der Waals surface area contributed by atoms with Gasteiger partial charge in [-0.1, -0.05) is 84.9 Å². The minimum atomic E-state index is -1.06. The number of aryl methyl sites for hydroxylation is 2. The van der Waals surface area contributed by atoms with Gasteiger partial charge in [0.1, 0.15) is 25.0 Å². The van der Waals surface area contributed by atoms with Crippen molar-refractivity contribution in [2.45, 2.75) is 38.5 Å². The fraction of sp³-hybridized carbons (Fsp3) is 0.316. The van der Waals surface area contributed by atoms with Crippen molar-refractivity contribution in [1.82, 2.24) is 20.4 Å². The summed E-state index contributed by atoms with van der Waals surface area (Å²) in [5.74, 6) is -5.83. The smallest absolute Gasteiger partial charge is 0.330 e. The molecule has 0 aliphatic carbocycles. The Hall–Kier alpha value is -6.18. The Morgan fingerprint density at radius 1 is 0.538 bits per heavy atom. The molecule has 14 nitrogen and oxygen atoms in total. The minimum Gasteiger partial charge on any atom is -0.464 e. The molecule has 2 aliphatic heterocycles. The van der Waals surface area contributed by atoms with Gasteiger partial charge in [0, 0.05) is 12.8 Å². The summed E-state index contributed by atoms with van der Waals surface area (Å²) in [6, 6.07) is 23.5. The number of rotatable bonds is 16. The molecule has 2 aliphatic rings. The number of benzene rings is 3. The number of nitrogens with one attached hydrogen (secondary N) is 2. The number of barbiturate groups is 2. The Bertz CT molecular complexity index is 1700. The summed E-state index contributed by atoms with van der Waals surface area (Å²) in [6.07, 6.45) is 1.01. The van der Waals surface area contributed by atoms with Gasteiger partial charge in [-0.3, -0.25) is 49.2 Å². The summed E-state index contributed by atoms with van der Waals surface area (Å²) < 4.78 is 10.5. The Morgan fingerprint density at radius 2 is 0.923 bits per heavy atom. The van der Waals surface area contributed by atoms with Gasteiger partial charge in [-0.05, 0) is 47.9 Å². The molecule has 2 heterocycles. The Kier molecular flexibility index (Phi) is 12.6. The third kappa shape index (κ3) is 9.96. The molecule has 52 heavy (non-hydrogen) atoms. The van der Waals surface area contributed by atoms with E-state index in [1.165, 1.54) is 0 Å². The molecule has 0 aromatic heterocycles. The molecule has 2 atom stereocenters. The number of ether oxygens (including phenoxy) is 2. The van der Waals surface area contributed by atoms with Gasteiger partial charge in [0.15, 0.2) is 0 Å². The molecule has 14 heteroatoms. The molecule has 0 bridgehead atoms. The molecule has 2 unspecified atom stereocenters. The van der Waals surface area contributed by atoms with Gasteiger partial charge in [0.25, 0.3) is 0 Å². The van der Waals surface area contributed by atoms with Crippen LogP contribution in [-0.2, 0) is 63.9 Å². The van der Waals surface area contributed by atoms with Crippen LogP contribution in [0, 0.1) is 11.8 Å². The van der Waals surface area contributed by atoms with Crippen LogP contribution in [0.2, 0.25) is 0 Å². The summed E-state index contributed by atoms with van der Waals surface area (Å²) in [5.41, 5.74) is 3.19. The molecule has 8 amide bonds. The number of hydrogen-bond donors (Lipinski definition) is 2. The molecular weight excluding hydrogens is 672 g/mol. The quantitative estimate of drug-likeness (QED) is 0.165. The first-order chi connectivity index (χ1) is 25.1. The van der Waals surface area contributed by atoms with Crippen LogP contribution in [0.15, 0.2) is 84.9 Å². The van der Waals surface area contributed by atoms with Gasteiger partial charge in [-0.25, -0.2) is 9.59 Å². The molecule has 5 rings (SSSR count). The maximum absolute atomic E-state index is 12.9. The molecule has 270 valence electrons. The first-order valence-corrected chi connectivity index (χ1v) is 16.9. The standard InChI is InChI=1S/C38H38N4O10/c43-31(51-20-18-41-35(47)29(33(45)39-37(41)49)23-25-8-3-1-4-9-25)16-14-27-12-7-13-28(22-27)15-17-32(44)52-21-19-42-36(48)30(34(46)40-38(42)50)24-26-10-5-2-6-11-26/h1-13,22,29-30H,14-21,23-24H2,(H,39,45,49)(H,40,46,50). The Labute approximate surface area is 299 Å². The van der Waals surface area contributed by atoms with E-state index < -0.39 is 59.5 Å². The average molecular weight is 711 g/mol. The van der Waals surface area contributed by atoms with Gasteiger partial charge in [-0.15, -0.1) is 0 Å². The van der Waals surface area contributed by atoms with Crippen molar-refractivity contribution in [3.63, 3.8) is 0 Å². The second-order valence-electron chi connectivity index (χ2n) is 12.3. The highest BCUT2D eigenvalue weighted by Gasteiger charge is 2.41. The molecule has 0 spiro atoms. The van der Waals surface area contributed by atoms with E-state index in [4.69, 9.17) is 9.47 Å². The number of amides is 8. The summed E-state index contributed by atoms with van der Waals surface area (Å²) in [5, 5.41) is 4.38. The number of carbonyl (C=O) groups excluding carboxylic acids is 8. The van der Waals surface area contributed by atoms with Crippen molar-refractivity contribution in [2.24, 2.45) is 11.8 Å². The van der Waals surface area contributed by atoms with Crippen LogP contribution in [-0.4, -0.2) is 83.7 Å². The second kappa shape index (κ2) is 17.7. The van der Waals surface area contributed by atoms with Crippen molar-refractivity contribution >= 4 is 47.6 Å². The zero-order chi connectivity index (χ0) is 37.0. The van der Waals surface area contributed by atoms with Crippen LogP contribution in [0.4, 0.5) is 9.59 Å². The van der Waals surface area contributed by atoms with E-state index in [9.17, 15) is 38.4 Å². The number of hydrogen-bond acceptors (Lipinski definition) is 10. The lowest BCUT2D eigenvalue weighted by molar-refractivity contribution is -0.148. The Morgan fingerprint density at radius 3 is 1.33 bits per heavy atom. The molecule has 3 aromatic rings. The molecule has 2 N–H and O–H groups in total. The first kappa shape index (κ1) is 37.1. The number of imide groups is 4. The highest BCUT2D eigenvalue weighted by Crippen LogP contribution is 2.18. The molecule has 2 fully saturated rings. The van der Waals surface area contributed by atoms with Gasteiger partial charge in [-0.2, -0.15) is 0 Å². The van der Waals surface area contributed by atoms with Gasteiger partial charge in [0.2, 0.25) is 23.6 Å². The van der Waals surface area contributed by atoms with Crippen molar-refractivity contribution in [2.75, 3.05) is 26.3 Å². The molecule has 0 saturated carbocycles. The summed E-state index contributed by atoms with van der Waals surface area (Å²) in [7, 11) is 0. The predicted octanol–water partition coefficient (Wildman–Crippen LogP) is 2.51. The molecule has 2 saturated heterocycles. The molecular formula is C38H38N4O10. The van der Waals surface area contributed by atoms with Crippen molar-refractivity contribution < 1.29 is 47.8 Å². The Balaban J connectivity index is 1.00. The van der Waals surface area contributed by atoms with E-state index in [-0.39, 0.29) is 52.0 Å². The minimum absolute atomic E-state index is 0.0291. The van der Waals surface area contributed by atoms with Crippen LogP contribution < -0.4 is 10.6 Å². The third-order valence-corrected chi connectivity index (χ3v) is 8.66. The largest absolute Gasteiger partial charge is 0.464 e. The third-order valence-electron chi connectivity index (χ3n) is 8.66. The maximum Gasteiger partial charge on any atom is 0.330 e. The fourth-order valence-electron chi connectivity index (χ4n) is 5.88. The normalized spacial score (nSPS) is 17.5. The molecule has 0 radical (unpaired) electrons. The lowest BCUT2D eigenvalue weighted by atomic mass is 9.95. The van der Waals surface area contributed by atoms with Crippen molar-refractivity contribution in [3.8, 4) is 0 Å². The second-order valence-corrected chi connectivity index (χ2v) is 12.3. The zero-order valence-electron chi connectivity index (χ0n) is 28.3. The first-order valence-electron chi connectivity index (χ1n) is 16.9. The van der Waals surface area contributed by atoms with Crippen LogP contribution >= 0.6 is 0 Å². The van der Waals surface area contributed by atoms with E-state index in [1.54, 1.807) is 54.6 Å². The monoisotopic (exact) mass is 710 g/mol. The number of esters is 2. The van der Waals surface area contributed by atoms with Gasteiger partial charge < -0.3 is 9.47 Å².